The van der Waals surface area contributed by atoms with Crippen molar-refractivity contribution in [2.24, 2.45) is 0 Å². The topological polar surface area (TPSA) is 122 Å². The number of nitrogens with one attached hydrogen (secondary N) is 2. The molecule has 0 saturated carbocycles. The van der Waals surface area contributed by atoms with Gasteiger partial charge in [0.15, 0.2) is 0 Å². The standard InChI is InChI=1S/C29H29N3O6S2/c1-21-9-18-28(22(2)19-21)32(40(36,37)27-7-5-4-6-8-27)20-29(33)30-23-12-16-26(17-13-23)39(34,35)31-24-10-14-25(38-3)15-11-24/h4-19,31H,20H2,1-3H3,(H,30,33). The van der Waals surface area contributed by atoms with Gasteiger partial charge in [-0.3, -0.25) is 13.8 Å². The number of aryl methyl sites for hydroxylation is 2. The molecule has 0 radical (unpaired) electrons. The minimum atomic E-state index is -4.06. The van der Waals surface area contributed by atoms with Crippen LogP contribution in [-0.2, 0) is 24.8 Å². The minimum Gasteiger partial charge on any atom is -0.497 e. The van der Waals surface area contributed by atoms with E-state index < -0.39 is 32.5 Å². The molecule has 2 N–H and O–H groups in total. The molecule has 0 bridgehead atoms. The van der Waals surface area contributed by atoms with E-state index in [2.05, 4.69) is 10.0 Å². The summed E-state index contributed by atoms with van der Waals surface area (Å²) in [4.78, 5) is 13.1. The van der Waals surface area contributed by atoms with Gasteiger partial charge in [0, 0.05) is 11.4 Å². The minimum absolute atomic E-state index is 0.00937. The van der Waals surface area contributed by atoms with E-state index in [0.29, 0.717) is 28.4 Å². The van der Waals surface area contributed by atoms with Gasteiger partial charge in [-0.2, -0.15) is 0 Å². The van der Waals surface area contributed by atoms with Gasteiger partial charge in [0.1, 0.15) is 12.3 Å². The summed E-state index contributed by atoms with van der Waals surface area (Å²) in [6, 6.07) is 25.2. The molecule has 0 aliphatic carbocycles. The van der Waals surface area contributed by atoms with Crippen molar-refractivity contribution in [3.05, 3.63) is 108 Å². The highest BCUT2D eigenvalue weighted by molar-refractivity contribution is 7.93. The first-order valence-electron chi connectivity index (χ1n) is 12.2. The number of hydrogen-bond donors (Lipinski definition) is 2. The third-order valence-electron chi connectivity index (χ3n) is 6.03. The predicted octanol–water partition coefficient (Wildman–Crippen LogP) is 4.95. The zero-order valence-corrected chi connectivity index (χ0v) is 23.8. The summed E-state index contributed by atoms with van der Waals surface area (Å²) in [6.07, 6.45) is 0. The molecule has 11 heteroatoms. The van der Waals surface area contributed by atoms with Gasteiger partial charge in [-0.05, 0) is 86.1 Å². The Balaban J connectivity index is 1.53. The van der Waals surface area contributed by atoms with Gasteiger partial charge >= 0.3 is 0 Å². The predicted molar refractivity (Wildman–Crippen MR) is 156 cm³/mol. The smallest absolute Gasteiger partial charge is 0.264 e. The van der Waals surface area contributed by atoms with Crippen LogP contribution in [0, 0.1) is 13.8 Å². The Morgan fingerprint density at radius 3 is 2.00 bits per heavy atom. The third kappa shape index (κ3) is 6.61. The molecule has 0 aliphatic heterocycles. The SMILES string of the molecule is COc1ccc(NS(=O)(=O)c2ccc(NC(=O)CN(c3ccc(C)cc3C)S(=O)(=O)c3ccccc3)cc2)cc1. The van der Waals surface area contributed by atoms with Crippen LogP contribution in [0.25, 0.3) is 0 Å². The number of carbonyl (C=O) groups is 1. The first-order valence-corrected chi connectivity index (χ1v) is 15.1. The summed E-state index contributed by atoms with van der Waals surface area (Å²) in [6.45, 7) is 3.20. The molecule has 0 fully saturated rings. The van der Waals surface area contributed by atoms with Crippen molar-refractivity contribution in [2.45, 2.75) is 23.6 Å². The third-order valence-corrected chi connectivity index (χ3v) is 9.20. The van der Waals surface area contributed by atoms with Crippen molar-refractivity contribution in [2.75, 3.05) is 28.0 Å². The molecule has 0 saturated heterocycles. The fourth-order valence-electron chi connectivity index (χ4n) is 4.03. The second-order valence-corrected chi connectivity index (χ2v) is 12.6. The van der Waals surface area contributed by atoms with Gasteiger partial charge in [-0.1, -0.05) is 35.9 Å². The maximum absolute atomic E-state index is 13.6. The van der Waals surface area contributed by atoms with Gasteiger partial charge in [-0.25, -0.2) is 16.8 Å². The molecule has 0 spiro atoms. The van der Waals surface area contributed by atoms with Crippen LogP contribution >= 0.6 is 0 Å². The maximum Gasteiger partial charge on any atom is 0.264 e. The summed E-state index contributed by atoms with van der Waals surface area (Å²) in [5.41, 5.74) is 2.72. The molecule has 4 rings (SSSR count). The number of benzene rings is 4. The van der Waals surface area contributed by atoms with Crippen LogP contribution in [0.3, 0.4) is 0 Å². The molecule has 0 unspecified atom stereocenters. The summed E-state index contributed by atoms with van der Waals surface area (Å²) in [5.74, 6) is 0.00200. The van der Waals surface area contributed by atoms with Crippen LogP contribution in [0.2, 0.25) is 0 Å². The van der Waals surface area contributed by atoms with E-state index in [1.165, 1.54) is 43.5 Å². The highest BCUT2D eigenvalue weighted by atomic mass is 32.2. The van der Waals surface area contributed by atoms with E-state index in [1.54, 1.807) is 61.5 Å². The van der Waals surface area contributed by atoms with Crippen LogP contribution in [-0.4, -0.2) is 36.4 Å². The summed E-state index contributed by atoms with van der Waals surface area (Å²) < 4.78 is 61.4. The Labute approximate surface area is 234 Å². The van der Waals surface area contributed by atoms with Crippen LogP contribution in [0.5, 0.6) is 5.75 Å². The Morgan fingerprint density at radius 2 is 1.40 bits per heavy atom. The molecule has 4 aromatic carbocycles. The number of amides is 1. The van der Waals surface area contributed by atoms with Crippen LogP contribution in [0.1, 0.15) is 11.1 Å². The Hall–Kier alpha value is -4.35. The van der Waals surface area contributed by atoms with Gasteiger partial charge in [0.2, 0.25) is 5.91 Å². The number of sulfonamides is 2. The number of rotatable bonds is 10. The first kappa shape index (κ1) is 28.7. The summed E-state index contributed by atoms with van der Waals surface area (Å²) in [5, 5.41) is 2.66. The summed E-state index contributed by atoms with van der Waals surface area (Å²) >= 11 is 0. The van der Waals surface area contributed by atoms with E-state index >= 15 is 0 Å². The lowest BCUT2D eigenvalue weighted by atomic mass is 10.1. The lowest BCUT2D eigenvalue weighted by Crippen LogP contribution is -2.38. The Bertz CT molecular complexity index is 1710. The van der Waals surface area contributed by atoms with E-state index in [0.717, 1.165) is 9.87 Å². The number of hydrogen-bond acceptors (Lipinski definition) is 6. The normalized spacial score (nSPS) is 11.5. The van der Waals surface area contributed by atoms with Crippen molar-refractivity contribution in [1.29, 1.82) is 0 Å². The quantitative estimate of drug-likeness (QED) is 0.274. The van der Waals surface area contributed by atoms with E-state index in [4.69, 9.17) is 4.74 Å². The molecular formula is C29H29N3O6S2. The highest BCUT2D eigenvalue weighted by Crippen LogP contribution is 2.28. The number of anilines is 3. The van der Waals surface area contributed by atoms with Crippen molar-refractivity contribution in [3.8, 4) is 5.75 Å². The van der Waals surface area contributed by atoms with E-state index in [9.17, 15) is 21.6 Å². The largest absolute Gasteiger partial charge is 0.497 e. The van der Waals surface area contributed by atoms with E-state index in [-0.39, 0.29) is 9.79 Å². The van der Waals surface area contributed by atoms with Crippen molar-refractivity contribution in [1.82, 2.24) is 0 Å². The lowest BCUT2D eigenvalue weighted by molar-refractivity contribution is -0.114. The van der Waals surface area contributed by atoms with E-state index in [1.807, 2.05) is 13.0 Å². The summed E-state index contributed by atoms with van der Waals surface area (Å²) in [7, 11) is -6.43. The second kappa shape index (κ2) is 11.8. The molecule has 0 atom stereocenters. The number of carbonyl (C=O) groups excluding carboxylic acids is 1. The molecule has 1 amide bonds. The molecule has 0 aliphatic rings. The zero-order chi connectivity index (χ0) is 28.9. The Kier molecular flexibility index (Phi) is 8.46. The van der Waals surface area contributed by atoms with Crippen LogP contribution < -0.4 is 19.1 Å². The monoisotopic (exact) mass is 579 g/mol. The maximum atomic E-state index is 13.6. The zero-order valence-electron chi connectivity index (χ0n) is 22.2. The molecule has 0 aromatic heterocycles. The van der Waals surface area contributed by atoms with Crippen LogP contribution in [0.4, 0.5) is 17.1 Å². The van der Waals surface area contributed by atoms with Gasteiger partial charge < -0.3 is 10.1 Å². The van der Waals surface area contributed by atoms with Crippen molar-refractivity contribution in [3.63, 3.8) is 0 Å². The average Bonchev–Trinajstić information content (AvgIpc) is 2.93. The molecule has 0 heterocycles. The van der Waals surface area contributed by atoms with Crippen LogP contribution in [0.15, 0.2) is 107 Å². The fourth-order valence-corrected chi connectivity index (χ4v) is 6.59. The highest BCUT2D eigenvalue weighted by Gasteiger charge is 2.28. The number of ether oxygens (including phenoxy) is 1. The second-order valence-electron chi connectivity index (χ2n) is 9.02. The molecular weight excluding hydrogens is 550 g/mol. The van der Waals surface area contributed by atoms with Gasteiger partial charge in [-0.15, -0.1) is 0 Å². The molecule has 4 aromatic rings. The average molecular weight is 580 g/mol. The van der Waals surface area contributed by atoms with Crippen molar-refractivity contribution < 1.29 is 26.4 Å². The molecule has 40 heavy (non-hydrogen) atoms. The fraction of sp³-hybridized carbons (Fsp3) is 0.138. The van der Waals surface area contributed by atoms with Crippen molar-refractivity contribution >= 4 is 43.0 Å². The number of methoxy groups -OCH3 is 1. The first-order chi connectivity index (χ1) is 19.0. The Morgan fingerprint density at radius 1 is 0.775 bits per heavy atom. The molecule has 208 valence electrons. The number of nitrogens with zero attached hydrogens (tertiary/aromatic N) is 1. The molecule has 9 nitrogen and oxygen atoms in total. The lowest BCUT2D eigenvalue weighted by Gasteiger charge is -2.26. The van der Waals surface area contributed by atoms with Gasteiger partial charge in [0.05, 0.1) is 22.6 Å². The van der Waals surface area contributed by atoms with Gasteiger partial charge in [0.25, 0.3) is 20.0 Å².